The number of nitriles is 1. The molecule has 1 heterocycles. The summed E-state index contributed by atoms with van der Waals surface area (Å²) in [5.74, 6) is 0.137. The number of aromatic nitrogens is 2. The van der Waals surface area contributed by atoms with Crippen LogP contribution in [0, 0.1) is 25.2 Å². The highest BCUT2D eigenvalue weighted by Gasteiger charge is 2.29. The fourth-order valence-corrected chi connectivity index (χ4v) is 1.35. The summed E-state index contributed by atoms with van der Waals surface area (Å²) in [7, 11) is 0. The van der Waals surface area contributed by atoms with Crippen LogP contribution in [0.5, 0.6) is 0 Å². The fraction of sp³-hybridized carbons (Fsp3) is 0.545. The summed E-state index contributed by atoms with van der Waals surface area (Å²) in [6.07, 6.45) is 0. The van der Waals surface area contributed by atoms with E-state index in [4.69, 9.17) is 5.26 Å². The van der Waals surface area contributed by atoms with E-state index in [2.05, 4.69) is 15.5 Å². The maximum atomic E-state index is 9.21. The van der Waals surface area contributed by atoms with Gasteiger partial charge in [-0.15, -0.1) is 5.10 Å². The molecule has 0 unspecified atom stereocenters. The van der Waals surface area contributed by atoms with E-state index in [0.717, 1.165) is 0 Å². The van der Waals surface area contributed by atoms with Gasteiger partial charge in [0.05, 0.1) is 25.5 Å². The molecule has 0 aliphatic rings. The lowest BCUT2D eigenvalue weighted by molar-refractivity contribution is 0.0830. The monoisotopic (exact) mass is 252 g/mol. The van der Waals surface area contributed by atoms with E-state index in [1.54, 1.807) is 13.8 Å². The number of aliphatic hydroxyl groups is 3. The van der Waals surface area contributed by atoms with E-state index >= 15 is 0 Å². The van der Waals surface area contributed by atoms with Crippen LogP contribution in [0.15, 0.2) is 0 Å². The molecule has 0 bridgehead atoms. The van der Waals surface area contributed by atoms with Gasteiger partial charge in [-0.1, -0.05) is 0 Å². The number of aryl methyl sites for hydroxylation is 1. The van der Waals surface area contributed by atoms with E-state index < -0.39 is 25.4 Å². The van der Waals surface area contributed by atoms with Gasteiger partial charge in [-0.05, 0) is 19.4 Å². The molecule has 0 atom stereocenters. The average Bonchev–Trinajstić information content (AvgIpc) is 2.40. The topological polar surface area (TPSA) is 122 Å². The maximum absolute atomic E-state index is 9.21. The lowest BCUT2D eigenvalue weighted by atomic mass is 10.0. The molecule has 0 aliphatic carbocycles. The SMILES string of the molecule is Cc1nnc(NC(CO)(CO)CO)c(C#N)c1C. The summed E-state index contributed by atoms with van der Waals surface area (Å²) < 4.78 is 0. The molecule has 0 aliphatic heterocycles. The van der Waals surface area contributed by atoms with Crippen molar-refractivity contribution in [3.05, 3.63) is 16.8 Å². The number of hydrogen-bond acceptors (Lipinski definition) is 7. The third-order valence-corrected chi connectivity index (χ3v) is 2.86. The van der Waals surface area contributed by atoms with Gasteiger partial charge in [-0.3, -0.25) is 0 Å². The van der Waals surface area contributed by atoms with Gasteiger partial charge in [0.15, 0.2) is 5.82 Å². The van der Waals surface area contributed by atoms with E-state index in [-0.39, 0.29) is 11.4 Å². The molecule has 1 aromatic rings. The van der Waals surface area contributed by atoms with Crippen LogP contribution in [-0.2, 0) is 0 Å². The van der Waals surface area contributed by atoms with E-state index in [1.807, 2.05) is 6.07 Å². The quantitative estimate of drug-likeness (QED) is 0.535. The Balaban J connectivity index is 3.20. The molecule has 0 saturated carbocycles. The molecule has 0 fully saturated rings. The van der Waals surface area contributed by atoms with Crippen LogP contribution in [0.2, 0.25) is 0 Å². The molecule has 0 spiro atoms. The molecule has 1 rings (SSSR count). The van der Waals surface area contributed by atoms with Crippen LogP contribution in [-0.4, -0.2) is 50.9 Å². The van der Waals surface area contributed by atoms with Gasteiger partial charge in [-0.25, -0.2) is 0 Å². The fourth-order valence-electron chi connectivity index (χ4n) is 1.35. The van der Waals surface area contributed by atoms with Crippen molar-refractivity contribution in [2.75, 3.05) is 25.1 Å². The second kappa shape index (κ2) is 5.73. The number of anilines is 1. The zero-order valence-corrected chi connectivity index (χ0v) is 10.3. The molecule has 0 radical (unpaired) electrons. The van der Waals surface area contributed by atoms with Crippen LogP contribution in [0.1, 0.15) is 16.8 Å². The zero-order valence-electron chi connectivity index (χ0n) is 10.3. The van der Waals surface area contributed by atoms with E-state index in [1.165, 1.54) is 0 Å². The second-order valence-corrected chi connectivity index (χ2v) is 4.13. The second-order valence-electron chi connectivity index (χ2n) is 4.13. The van der Waals surface area contributed by atoms with Crippen LogP contribution >= 0.6 is 0 Å². The first-order valence-corrected chi connectivity index (χ1v) is 5.38. The molecule has 98 valence electrons. The number of nitrogens with zero attached hydrogens (tertiary/aromatic N) is 3. The Hall–Kier alpha value is -1.75. The summed E-state index contributed by atoms with van der Waals surface area (Å²) in [5.41, 5.74) is 0.238. The van der Waals surface area contributed by atoms with Crippen molar-refractivity contribution in [1.82, 2.24) is 10.2 Å². The highest BCUT2D eigenvalue weighted by atomic mass is 16.3. The number of rotatable bonds is 5. The minimum atomic E-state index is -1.33. The maximum Gasteiger partial charge on any atom is 0.167 e. The molecular formula is C11H16N4O3. The Morgan fingerprint density at radius 1 is 1.17 bits per heavy atom. The molecule has 7 nitrogen and oxygen atoms in total. The largest absolute Gasteiger partial charge is 0.394 e. The number of nitrogens with one attached hydrogen (secondary N) is 1. The van der Waals surface area contributed by atoms with Crippen LogP contribution < -0.4 is 5.32 Å². The van der Waals surface area contributed by atoms with Crippen molar-refractivity contribution >= 4 is 5.82 Å². The predicted molar refractivity (Wildman–Crippen MR) is 63.8 cm³/mol. The lowest BCUT2D eigenvalue weighted by Crippen LogP contribution is -2.49. The van der Waals surface area contributed by atoms with Gasteiger partial charge in [0.25, 0.3) is 0 Å². The highest BCUT2D eigenvalue weighted by Crippen LogP contribution is 2.20. The van der Waals surface area contributed by atoms with Gasteiger partial charge in [0.2, 0.25) is 0 Å². The summed E-state index contributed by atoms with van der Waals surface area (Å²) in [6.45, 7) is 1.95. The van der Waals surface area contributed by atoms with Gasteiger partial charge in [-0.2, -0.15) is 10.4 Å². The van der Waals surface area contributed by atoms with E-state index in [0.29, 0.717) is 11.3 Å². The van der Waals surface area contributed by atoms with Crippen molar-refractivity contribution < 1.29 is 15.3 Å². The van der Waals surface area contributed by atoms with Crippen molar-refractivity contribution in [1.29, 1.82) is 5.26 Å². The van der Waals surface area contributed by atoms with Crippen LogP contribution in [0.25, 0.3) is 0 Å². The van der Waals surface area contributed by atoms with Gasteiger partial charge < -0.3 is 20.6 Å². The highest BCUT2D eigenvalue weighted by molar-refractivity contribution is 5.57. The number of hydrogen-bond donors (Lipinski definition) is 4. The lowest BCUT2D eigenvalue weighted by Gasteiger charge is -2.29. The molecular weight excluding hydrogens is 236 g/mol. The van der Waals surface area contributed by atoms with Gasteiger partial charge in [0.1, 0.15) is 17.2 Å². The first-order chi connectivity index (χ1) is 8.53. The molecule has 4 N–H and O–H groups in total. The first-order valence-electron chi connectivity index (χ1n) is 5.38. The van der Waals surface area contributed by atoms with Crippen molar-refractivity contribution in [2.45, 2.75) is 19.4 Å². The van der Waals surface area contributed by atoms with Crippen LogP contribution in [0.4, 0.5) is 5.82 Å². The Labute approximate surface area is 105 Å². The zero-order chi connectivity index (χ0) is 13.8. The van der Waals surface area contributed by atoms with Gasteiger partial charge >= 0.3 is 0 Å². The first kappa shape index (κ1) is 14.3. The summed E-state index contributed by atoms with van der Waals surface area (Å²) in [5, 5.41) is 47.1. The average molecular weight is 252 g/mol. The Bertz CT molecular complexity index is 458. The molecule has 0 amide bonds. The molecule has 0 saturated heterocycles. The summed E-state index contributed by atoms with van der Waals surface area (Å²) >= 11 is 0. The Morgan fingerprint density at radius 3 is 2.17 bits per heavy atom. The minimum absolute atomic E-state index is 0.137. The third-order valence-electron chi connectivity index (χ3n) is 2.86. The number of aliphatic hydroxyl groups excluding tert-OH is 3. The normalized spacial score (nSPS) is 11.1. The van der Waals surface area contributed by atoms with Crippen molar-refractivity contribution in [2.24, 2.45) is 0 Å². The Kier molecular flexibility index (Phi) is 4.55. The van der Waals surface area contributed by atoms with Crippen LogP contribution in [0.3, 0.4) is 0 Å². The molecule has 0 aromatic carbocycles. The van der Waals surface area contributed by atoms with E-state index in [9.17, 15) is 15.3 Å². The van der Waals surface area contributed by atoms with Crippen molar-refractivity contribution in [3.63, 3.8) is 0 Å². The summed E-state index contributed by atoms with van der Waals surface area (Å²) in [4.78, 5) is 0. The molecule has 18 heavy (non-hydrogen) atoms. The predicted octanol–water partition coefficient (Wildman–Crippen LogP) is -0.907. The molecule has 1 aromatic heterocycles. The van der Waals surface area contributed by atoms with Crippen molar-refractivity contribution in [3.8, 4) is 6.07 Å². The summed E-state index contributed by atoms with van der Waals surface area (Å²) in [6, 6.07) is 1.99. The Morgan fingerprint density at radius 2 is 1.72 bits per heavy atom. The van der Waals surface area contributed by atoms with Gasteiger partial charge in [0, 0.05) is 0 Å². The third kappa shape index (κ3) is 2.56. The standard InChI is InChI=1S/C11H16N4O3/c1-7-8(2)14-15-10(9(7)3-12)13-11(4-16,5-17)6-18/h16-18H,4-6H2,1-2H3,(H,13,15). The minimum Gasteiger partial charge on any atom is -0.394 e. The molecule has 7 heteroatoms. The smallest absolute Gasteiger partial charge is 0.167 e.